The molecule has 0 aromatic heterocycles. The van der Waals surface area contributed by atoms with Crippen LogP contribution in [0.5, 0.6) is 5.75 Å². The van der Waals surface area contributed by atoms with Crippen LogP contribution in [-0.4, -0.2) is 13.1 Å². The Bertz CT molecular complexity index is 623. The molecule has 0 N–H and O–H groups in total. The van der Waals surface area contributed by atoms with Crippen LogP contribution in [0.1, 0.15) is 24.3 Å². The lowest BCUT2D eigenvalue weighted by Gasteiger charge is -2.26. The number of ether oxygens (including phenoxy) is 2. The highest BCUT2D eigenvalue weighted by atomic mass is 16.5. The molecule has 0 spiro atoms. The highest BCUT2D eigenvalue weighted by molar-refractivity contribution is 5.75. The molecule has 0 radical (unpaired) electrons. The van der Waals surface area contributed by atoms with E-state index in [0.717, 1.165) is 22.6 Å². The molecule has 3 heteroatoms. The largest absolute Gasteiger partial charge is 0.496 e. The number of hydrogen-bond donors (Lipinski definition) is 0. The van der Waals surface area contributed by atoms with E-state index < -0.39 is 0 Å². The van der Waals surface area contributed by atoms with Crippen molar-refractivity contribution in [2.75, 3.05) is 7.11 Å². The molecule has 0 bridgehead atoms. The fourth-order valence-corrected chi connectivity index (χ4v) is 2.72. The molecule has 1 unspecified atom stereocenters. The third kappa shape index (κ3) is 2.27. The molecule has 3 rings (SSSR count). The first-order chi connectivity index (χ1) is 9.79. The van der Waals surface area contributed by atoms with Crippen LogP contribution in [0.3, 0.4) is 0 Å². The van der Waals surface area contributed by atoms with E-state index in [4.69, 9.17) is 9.47 Å². The topological polar surface area (TPSA) is 35.5 Å². The van der Waals surface area contributed by atoms with Gasteiger partial charge in [-0.05, 0) is 11.6 Å². The van der Waals surface area contributed by atoms with Crippen molar-refractivity contribution in [3.05, 3.63) is 65.5 Å². The lowest BCUT2D eigenvalue weighted by molar-refractivity contribution is -0.141. The lowest BCUT2D eigenvalue weighted by Crippen LogP contribution is -2.20. The van der Waals surface area contributed by atoms with Gasteiger partial charge in [-0.15, -0.1) is 0 Å². The van der Waals surface area contributed by atoms with Gasteiger partial charge in [0.2, 0.25) is 0 Å². The highest BCUT2D eigenvalue weighted by Crippen LogP contribution is 2.41. The Morgan fingerprint density at radius 3 is 2.95 bits per heavy atom. The molecule has 1 heterocycles. The van der Waals surface area contributed by atoms with E-state index in [1.165, 1.54) is 0 Å². The first kappa shape index (κ1) is 12.7. The Hall–Kier alpha value is -2.29. The third-order valence-electron chi connectivity index (χ3n) is 3.65. The van der Waals surface area contributed by atoms with Crippen molar-refractivity contribution in [3.63, 3.8) is 0 Å². The number of esters is 1. The van der Waals surface area contributed by atoms with Gasteiger partial charge < -0.3 is 9.47 Å². The van der Waals surface area contributed by atoms with E-state index in [0.29, 0.717) is 12.8 Å². The minimum atomic E-state index is -0.177. The molecular weight excluding hydrogens is 252 g/mol. The minimum Gasteiger partial charge on any atom is -0.496 e. The molecule has 0 saturated heterocycles. The highest BCUT2D eigenvalue weighted by Gasteiger charge is 2.31. The summed E-state index contributed by atoms with van der Waals surface area (Å²) in [6.45, 7) is 0. The van der Waals surface area contributed by atoms with E-state index >= 15 is 0 Å². The molecular formula is C17H16O3. The lowest BCUT2D eigenvalue weighted by atomic mass is 9.85. The second kappa shape index (κ2) is 5.37. The smallest absolute Gasteiger partial charge is 0.311 e. The summed E-state index contributed by atoms with van der Waals surface area (Å²) in [5.74, 6) is 1.38. The quantitative estimate of drug-likeness (QED) is 0.770. The van der Waals surface area contributed by atoms with E-state index in [9.17, 15) is 4.79 Å². The van der Waals surface area contributed by atoms with Gasteiger partial charge in [0.25, 0.3) is 0 Å². The predicted octanol–water partition coefficient (Wildman–Crippen LogP) is 3.50. The number of allylic oxidation sites excluding steroid dienone is 5. The van der Waals surface area contributed by atoms with Gasteiger partial charge >= 0.3 is 5.97 Å². The SMILES string of the molecule is COc1ccccc1C1CC(=O)OC2=C1C=CC=CC2. The van der Waals surface area contributed by atoms with E-state index in [1.807, 2.05) is 48.6 Å². The Morgan fingerprint density at radius 1 is 1.25 bits per heavy atom. The van der Waals surface area contributed by atoms with Crippen molar-refractivity contribution >= 4 is 5.97 Å². The van der Waals surface area contributed by atoms with Gasteiger partial charge in [0.15, 0.2) is 0 Å². The zero-order valence-corrected chi connectivity index (χ0v) is 11.3. The number of para-hydroxylation sites is 1. The van der Waals surface area contributed by atoms with Gasteiger partial charge in [-0.2, -0.15) is 0 Å². The van der Waals surface area contributed by atoms with Crippen LogP contribution in [0.25, 0.3) is 0 Å². The van der Waals surface area contributed by atoms with Crippen molar-refractivity contribution in [1.29, 1.82) is 0 Å². The molecule has 1 aromatic carbocycles. The molecule has 3 nitrogen and oxygen atoms in total. The molecule has 1 aromatic rings. The summed E-state index contributed by atoms with van der Waals surface area (Å²) in [7, 11) is 1.65. The average molecular weight is 268 g/mol. The Balaban J connectivity index is 2.09. The molecule has 1 aliphatic heterocycles. The summed E-state index contributed by atoms with van der Waals surface area (Å²) in [5.41, 5.74) is 2.10. The van der Waals surface area contributed by atoms with Crippen LogP contribution in [-0.2, 0) is 9.53 Å². The van der Waals surface area contributed by atoms with Crippen molar-refractivity contribution in [3.8, 4) is 5.75 Å². The molecule has 1 aliphatic carbocycles. The Kier molecular flexibility index (Phi) is 3.42. The van der Waals surface area contributed by atoms with E-state index in [2.05, 4.69) is 0 Å². The maximum absolute atomic E-state index is 11.9. The van der Waals surface area contributed by atoms with Gasteiger partial charge in [-0.25, -0.2) is 0 Å². The Morgan fingerprint density at radius 2 is 2.10 bits per heavy atom. The number of carbonyl (C=O) groups is 1. The standard InChI is InChI=1S/C17H16O3/c1-19-15-9-6-5-8-12(15)14-11-17(18)20-16-10-4-2-3-7-13(14)16/h2-9,14H,10-11H2,1H3. The summed E-state index contributed by atoms with van der Waals surface area (Å²) in [6, 6.07) is 7.84. The molecule has 1 atom stereocenters. The van der Waals surface area contributed by atoms with Crippen LogP contribution in [0.15, 0.2) is 59.9 Å². The summed E-state index contributed by atoms with van der Waals surface area (Å²) in [5, 5.41) is 0. The van der Waals surface area contributed by atoms with Crippen LogP contribution >= 0.6 is 0 Å². The fourth-order valence-electron chi connectivity index (χ4n) is 2.72. The van der Waals surface area contributed by atoms with E-state index in [-0.39, 0.29) is 11.9 Å². The predicted molar refractivity (Wildman–Crippen MR) is 76.4 cm³/mol. The van der Waals surface area contributed by atoms with Crippen LogP contribution < -0.4 is 4.74 Å². The van der Waals surface area contributed by atoms with Crippen LogP contribution in [0.4, 0.5) is 0 Å². The first-order valence-corrected chi connectivity index (χ1v) is 6.69. The summed E-state index contributed by atoms with van der Waals surface area (Å²) < 4.78 is 10.8. The van der Waals surface area contributed by atoms with Crippen molar-refractivity contribution < 1.29 is 14.3 Å². The number of benzene rings is 1. The summed E-state index contributed by atoms with van der Waals surface area (Å²) in [4.78, 5) is 11.9. The maximum Gasteiger partial charge on any atom is 0.311 e. The number of hydrogen-bond acceptors (Lipinski definition) is 3. The summed E-state index contributed by atoms with van der Waals surface area (Å²) >= 11 is 0. The first-order valence-electron chi connectivity index (χ1n) is 6.69. The zero-order chi connectivity index (χ0) is 13.9. The Labute approximate surface area is 118 Å². The van der Waals surface area contributed by atoms with Crippen molar-refractivity contribution in [2.45, 2.75) is 18.8 Å². The minimum absolute atomic E-state index is 0.00134. The summed E-state index contributed by atoms with van der Waals surface area (Å²) in [6.07, 6.45) is 9.00. The molecule has 102 valence electrons. The monoisotopic (exact) mass is 268 g/mol. The van der Waals surface area contributed by atoms with Crippen LogP contribution in [0, 0.1) is 0 Å². The second-order valence-corrected chi connectivity index (χ2v) is 4.84. The maximum atomic E-state index is 11.9. The molecule has 0 fully saturated rings. The normalized spacial score (nSPS) is 21.2. The van der Waals surface area contributed by atoms with E-state index in [1.54, 1.807) is 7.11 Å². The van der Waals surface area contributed by atoms with Gasteiger partial charge in [0.1, 0.15) is 11.5 Å². The number of carbonyl (C=O) groups excluding carboxylic acids is 1. The molecule has 0 amide bonds. The number of rotatable bonds is 2. The van der Waals surface area contributed by atoms with Crippen molar-refractivity contribution in [1.82, 2.24) is 0 Å². The fraction of sp³-hybridized carbons (Fsp3) is 0.235. The zero-order valence-electron chi connectivity index (χ0n) is 11.3. The molecule has 2 aliphatic rings. The van der Waals surface area contributed by atoms with Gasteiger partial charge in [-0.1, -0.05) is 42.5 Å². The third-order valence-corrected chi connectivity index (χ3v) is 3.65. The van der Waals surface area contributed by atoms with Crippen LogP contribution in [0.2, 0.25) is 0 Å². The average Bonchev–Trinajstić information content (AvgIpc) is 2.71. The van der Waals surface area contributed by atoms with Gasteiger partial charge in [0, 0.05) is 17.9 Å². The van der Waals surface area contributed by atoms with Crippen molar-refractivity contribution in [2.24, 2.45) is 0 Å². The van der Waals surface area contributed by atoms with Gasteiger partial charge in [-0.3, -0.25) is 4.79 Å². The number of methoxy groups -OCH3 is 1. The van der Waals surface area contributed by atoms with Gasteiger partial charge in [0.05, 0.1) is 13.5 Å². The molecule has 20 heavy (non-hydrogen) atoms. The molecule has 0 saturated carbocycles. The second-order valence-electron chi connectivity index (χ2n) is 4.84.